The van der Waals surface area contributed by atoms with Crippen LogP contribution in [0.3, 0.4) is 0 Å². The molecule has 3 aliphatic heterocycles. The molecule has 0 saturated carbocycles. The van der Waals surface area contributed by atoms with Crippen LogP contribution in [0.15, 0.2) is 42.5 Å². The lowest BCUT2D eigenvalue weighted by Gasteiger charge is -2.39. The maximum absolute atomic E-state index is 13.8. The topological polar surface area (TPSA) is 91.9 Å². The summed E-state index contributed by atoms with van der Waals surface area (Å²) in [6, 6.07) is 13.8. The summed E-state index contributed by atoms with van der Waals surface area (Å²) in [5, 5.41) is 7.66. The van der Waals surface area contributed by atoms with Gasteiger partial charge in [0.25, 0.3) is 0 Å². The lowest BCUT2D eigenvalue weighted by atomic mass is 9.78. The molecule has 5 rings (SSSR count). The van der Waals surface area contributed by atoms with Gasteiger partial charge in [-0.1, -0.05) is 30.3 Å². The first kappa shape index (κ1) is 20.8. The third-order valence-electron chi connectivity index (χ3n) is 7.80. The highest BCUT2D eigenvalue weighted by atomic mass is 16.7. The zero-order valence-corrected chi connectivity index (χ0v) is 19.0. The van der Waals surface area contributed by atoms with Crippen LogP contribution in [0.2, 0.25) is 0 Å². The van der Waals surface area contributed by atoms with Crippen molar-refractivity contribution in [1.29, 1.82) is 5.41 Å². The number of hydrogen-bond acceptors (Lipinski definition) is 5. The van der Waals surface area contributed by atoms with Crippen molar-refractivity contribution in [3.8, 4) is 11.5 Å². The van der Waals surface area contributed by atoms with Gasteiger partial charge in [-0.15, -0.1) is 0 Å². The number of ether oxygens (including phenoxy) is 2. The minimum Gasteiger partial charge on any atom is -0.454 e. The molecule has 7 heteroatoms. The number of amidine groups is 1. The number of hydrogen-bond donors (Lipinski definition) is 2. The first-order valence-corrected chi connectivity index (χ1v) is 11.1. The summed E-state index contributed by atoms with van der Waals surface area (Å²) in [7, 11) is 2.12. The molecule has 3 N–H and O–H groups in total. The van der Waals surface area contributed by atoms with Gasteiger partial charge >= 0.3 is 0 Å². The normalized spacial score (nSPS) is 28.2. The van der Waals surface area contributed by atoms with E-state index in [2.05, 4.69) is 32.7 Å². The molecule has 0 aromatic heterocycles. The molecule has 7 nitrogen and oxygen atoms in total. The predicted octanol–water partition coefficient (Wildman–Crippen LogP) is 3.13. The summed E-state index contributed by atoms with van der Waals surface area (Å²) in [5.41, 5.74) is 8.31. The number of nitrogen functional groups attached to an aromatic ring is 1. The standard InChI is InChI=1S/C25H30N4O3/c1-14-21-20(24(30)29(14)12-15-5-10-18-19(11-15)32-13-31-18)22(28(4)25(21,2)3)16-6-8-17(9-7-16)23(26)27/h5-11,14,20-22H,12-13H2,1-4H3,(H3,26,27)/t14-,20+,21-,22+/m1/s1. The molecule has 3 aliphatic rings. The van der Waals surface area contributed by atoms with Crippen molar-refractivity contribution in [2.45, 2.75) is 44.9 Å². The van der Waals surface area contributed by atoms with Crippen molar-refractivity contribution in [2.24, 2.45) is 17.6 Å². The third kappa shape index (κ3) is 2.98. The number of likely N-dealkylation sites (tertiary alicyclic amines) is 2. The monoisotopic (exact) mass is 434 g/mol. The first-order chi connectivity index (χ1) is 15.2. The zero-order chi connectivity index (χ0) is 22.8. The highest BCUT2D eigenvalue weighted by Gasteiger charge is 2.62. The Bertz CT molecular complexity index is 1080. The molecule has 0 spiro atoms. The average molecular weight is 435 g/mol. The fraction of sp³-hybridized carbons (Fsp3) is 0.440. The summed E-state index contributed by atoms with van der Waals surface area (Å²) in [6.45, 7) is 7.45. The van der Waals surface area contributed by atoms with Gasteiger partial charge in [-0.05, 0) is 51.1 Å². The Balaban J connectivity index is 1.47. The van der Waals surface area contributed by atoms with Gasteiger partial charge in [0.05, 0.1) is 5.92 Å². The molecule has 4 atom stereocenters. The summed E-state index contributed by atoms with van der Waals surface area (Å²) < 4.78 is 10.9. The predicted molar refractivity (Wildman–Crippen MR) is 122 cm³/mol. The second-order valence-corrected chi connectivity index (χ2v) is 9.69. The molecule has 0 bridgehead atoms. The number of nitrogens with two attached hydrogens (primary N) is 1. The van der Waals surface area contributed by atoms with E-state index >= 15 is 0 Å². The Kier molecular flexibility index (Phi) is 4.71. The van der Waals surface area contributed by atoms with Crippen molar-refractivity contribution in [1.82, 2.24) is 9.80 Å². The molecular formula is C25H30N4O3. The van der Waals surface area contributed by atoms with E-state index in [0.717, 1.165) is 22.6 Å². The van der Waals surface area contributed by atoms with Gasteiger partial charge < -0.3 is 20.1 Å². The summed E-state index contributed by atoms with van der Waals surface area (Å²) in [4.78, 5) is 18.2. The maximum Gasteiger partial charge on any atom is 0.231 e. The maximum atomic E-state index is 13.8. The van der Waals surface area contributed by atoms with Gasteiger partial charge in [0.1, 0.15) is 5.84 Å². The average Bonchev–Trinajstić information content (AvgIpc) is 3.38. The second-order valence-electron chi connectivity index (χ2n) is 9.69. The van der Waals surface area contributed by atoms with Gasteiger partial charge in [-0.3, -0.25) is 15.1 Å². The Morgan fingerprint density at radius 2 is 1.84 bits per heavy atom. The number of rotatable bonds is 4. The van der Waals surface area contributed by atoms with E-state index in [1.165, 1.54) is 0 Å². The number of benzene rings is 2. The molecule has 0 radical (unpaired) electrons. The van der Waals surface area contributed by atoms with Crippen molar-refractivity contribution in [2.75, 3.05) is 13.8 Å². The fourth-order valence-corrected chi connectivity index (χ4v) is 5.98. The molecule has 2 aromatic rings. The van der Waals surface area contributed by atoms with Crippen LogP contribution >= 0.6 is 0 Å². The molecule has 0 aliphatic carbocycles. The summed E-state index contributed by atoms with van der Waals surface area (Å²) in [6.07, 6.45) is 0. The molecule has 0 unspecified atom stereocenters. The van der Waals surface area contributed by atoms with Crippen LogP contribution in [-0.4, -0.2) is 47.0 Å². The molecule has 32 heavy (non-hydrogen) atoms. The summed E-state index contributed by atoms with van der Waals surface area (Å²) in [5.74, 6) is 1.82. The SMILES string of the molecule is C[C@@H]1[C@@H]2[C@H](C(=O)N1Cc1ccc3c(c1)OCO3)[C@H](c1ccc(C(=N)N)cc1)N(C)C2(C)C. The van der Waals surface area contributed by atoms with Crippen molar-refractivity contribution < 1.29 is 14.3 Å². The van der Waals surface area contributed by atoms with Gasteiger partial charge in [0.15, 0.2) is 11.5 Å². The first-order valence-electron chi connectivity index (χ1n) is 11.1. The number of nitrogens with one attached hydrogen (secondary N) is 1. The van der Waals surface area contributed by atoms with Gasteiger partial charge in [0.2, 0.25) is 12.7 Å². The van der Waals surface area contributed by atoms with E-state index in [4.69, 9.17) is 20.6 Å². The van der Waals surface area contributed by atoms with Crippen LogP contribution in [0.4, 0.5) is 0 Å². The number of fused-ring (bicyclic) bond motifs is 2. The van der Waals surface area contributed by atoms with E-state index < -0.39 is 0 Å². The third-order valence-corrected chi connectivity index (χ3v) is 7.80. The van der Waals surface area contributed by atoms with Crippen molar-refractivity contribution >= 4 is 11.7 Å². The zero-order valence-electron chi connectivity index (χ0n) is 19.0. The minimum atomic E-state index is -0.146. The van der Waals surface area contributed by atoms with Gasteiger partial charge in [0, 0.05) is 35.6 Å². The number of carbonyl (C=O) groups excluding carboxylic acids is 1. The molecule has 2 fully saturated rings. The quantitative estimate of drug-likeness (QED) is 0.570. The molecule has 168 valence electrons. The highest BCUT2D eigenvalue weighted by molar-refractivity contribution is 5.95. The second kappa shape index (κ2) is 7.24. The van der Waals surface area contributed by atoms with Crippen molar-refractivity contribution in [3.05, 3.63) is 59.2 Å². The number of carbonyl (C=O) groups is 1. The smallest absolute Gasteiger partial charge is 0.231 e. The van der Waals surface area contributed by atoms with E-state index in [1.54, 1.807) is 0 Å². The molecule has 1 amide bonds. The Hall–Kier alpha value is -3.06. The van der Waals surface area contributed by atoms with Gasteiger partial charge in [-0.25, -0.2) is 0 Å². The van der Waals surface area contributed by atoms with Crippen LogP contribution in [0.25, 0.3) is 0 Å². The number of nitrogens with zero attached hydrogens (tertiary/aromatic N) is 2. The minimum absolute atomic E-state index is 0.0206. The molecule has 2 aromatic carbocycles. The van der Waals surface area contributed by atoms with E-state index in [0.29, 0.717) is 12.1 Å². The Morgan fingerprint density at radius 1 is 1.16 bits per heavy atom. The van der Waals surface area contributed by atoms with Gasteiger partial charge in [-0.2, -0.15) is 0 Å². The lowest BCUT2D eigenvalue weighted by molar-refractivity contribution is -0.133. The summed E-state index contributed by atoms with van der Waals surface area (Å²) >= 11 is 0. The van der Waals surface area contributed by atoms with Crippen LogP contribution in [0.5, 0.6) is 11.5 Å². The molecular weight excluding hydrogens is 404 g/mol. The van der Waals surface area contributed by atoms with Crippen LogP contribution in [0.1, 0.15) is 43.5 Å². The van der Waals surface area contributed by atoms with E-state index in [1.807, 2.05) is 47.4 Å². The van der Waals surface area contributed by atoms with Crippen molar-refractivity contribution in [3.63, 3.8) is 0 Å². The van der Waals surface area contributed by atoms with Crippen LogP contribution in [0, 0.1) is 17.2 Å². The van der Waals surface area contributed by atoms with E-state index in [9.17, 15) is 4.79 Å². The number of amides is 1. The largest absolute Gasteiger partial charge is 0.454 e. The fourth-order valence-electron chi connectivity index (χ4n) is 5.98. The highest BCUT2D eigenvalue weighted by Crippen LogP contribution is 2.56. The Labute approximate surface area is 188 Å². The lowest BCUT2D eigenvalue weighted by Crippen LogP contribution is -2.47. The molecule has 3 heterocycles. The molecule has 2 saturated heterocycles. The van der Waals surface area contributed by atoms with E-state index in [-0.39, 0.29) is 48.0 Å². The van der Waals surface area contributed by atoms with Crippen LogP contribution < -0.4 is 15.2 Å². The van der Waals surface area contributed by atoms with Crippen LogP contribution in [-0.2, 0) is 11.3 Å². The Morgan fingerprint density at radius 3 is 2.53 bits per heavy atom.